The molecule has 1 atom stereocenters. The van der Waals surface area contributed by atoms with Crippen LogP contribution in [0.2, 0.25) is 5.02 Å². The van der Waals surface area contributed by atoms with Crippen LogP contribution < -0.4 is 4.90 Å². The highest BCUT2D eigenvalue weighted by molar-refractivity contribution is 8.00. The number of nitrogens with zero attached hydrogens (tertiary/aromatic N) is 3. The van der Waals surface area contributed by atoms with Gasteiger partial charge in [-0.1, -0.05) is 30.7 Å². The number of anilines is 1. The number of carbonyl (C=O) groups is 1. The topological polar surface area (TPSA) is 46.1 Å². The van der Waals surface area contributed by atoms with Gasteiger partial charge in [0.05, 0.1) is 16.9 Å². The highest BCUT2D eigenvalue weighted by Gasteiger charge is 2.27. The van der Waals surface area contributed by atoms with Gasteiger partial charge in [-0.3, -0.25) is 4.79 Å². The molecule has 0 fully saturated rings. The fourth-order valence-corrected chi connectivity index (χ4v) is 3.72. The van der Waals surface area contributed by atoms with Gasteiger partial charge in [-0.05, 0) is 25.5 Å². The molecule has 6 heteroatoms. The largest absolute Gasteiger partial charge is 0.306 e. The van der Waals surface area contributed by atoms with E-state index < -0.39 is 0 Å². The van der Waals surface area contributed by atoms with Crippen molar-refractivity contribution in [3.8, 4) is 0 Å². The number of thioether (sulfide) groups is 1. The van der Waals surface area contributed by atoms with Crippen LogP contribution in [-0.2, 0) is 0 Å². The summed E-state index contributed by atoms with van der Waals surface area (Å²) in [6.45, 7) is 4.59. The lowest BCUT2D eigenvalue weighted by Gasteiger charge is -2.22. The van der Waals surface area contributed by atoms with E-state index in [1.54, 1.807) is 23.6 Å². The molecular weight excluding hydrogens is 318 g/mol. The summed E-state index contributed by atoms with van der Waals surface area (Å²) in [6.07, 6.45) is 2.41. The first-order chi connectivity index (χ1) is 10.6. The van der Waals surface area contributed by atoms with E-state index in [9.17, 15) is 4.79 Å². The third-order valence-electron chi connectivity index (χ3n) is 3.56. The molecule has 0 saturated heterocycles. The van der Waals surface area contributed by atoms with Crippen molar-refractivity contribution in [2.24, 2.45) is 0 Å². The van der Waals surface area contributed by atoms with Gasteiger partial charge in [0.1, 0.15) is 5.82 Å². The van der Waals surface area contributed by atoms with Gasteiger partial charge in [0.25, 0.3) is 5.91 Å². The van der Waals surface area contributed by atoms with E-state index in [0.717, 1.165) is 17.0 Å². The summed E-state index contributed by atoms with van der Waals surface area (Å²) in [7, 11) is 0. The first-order valence-corrected chi connectivity index (χ1v) is 8.38. The molecule has 22 heavy (non-hydrogen) atoms. The van der Waals surface area contributed by atoms with Gasteiger partial charge in [0.2, 0.25) is 0 Å². The summed E-state index contributed by atoms with van der Waals surface area (Å²) in [5.74, 6) is 0.372. The van der Waals surface area contributed by atoms with E-state index in [1.165, 1.54) is 6.20 Å². The molecule has 1 aliphatic rings. The SMILES string of the molecule is Cc1ncc(Cl)c(C(=O)N2CC[C@@H](C)Sc3ccccc32)n1. The van der Waals surface area contributed by atoms with Crippen molar-refractivity contribution < 1.29 is 4.79 Å². The van der Waals surface area contributed by atoms with E-state index in [1.807, 2.05) is 18.2 Å². The molecule has 1 aromatic heterocycles. The number of halogens is 1. The Bertz CT molecular complexity index is 722. The summed E-state index contributed by atoms with van der Waals surface area (Å²) < 4.78 is 0. The van der Waals surface area contributed by atoms with Crippen LogP contribution in [0.5, 0.6) is 0 Å². The normalized spacial score (nSPS) is 17.8. The predicted molar refractivity (Wildman–Crippen MR) is 89.8 cm³/mol. The average Bonchev–Trinajstić information content (AvgIpc) is 2.67. The van der Waals surface area contributed by atoms with Crippen LogP contribution in [0.1, 0.15) is 29.7 Å². The van der Waals surface area contributed by atoms with Crippen molar-refractivity contribution in [1.29, 1.82) is 0 Å². The van der Waals surface area contributed by atoms with Gasteiger partial charge in [-0.15, -0.1) is 11.8 Å². The minimum absolute atomic E-state index is 0.169. The van der Waals surface area contributed by atoms with Crippen LogP contribution in [0.3, 0.4) is 0 Å². The van der Waals surface area contributed by atoms with Crippen molar-refractivity contribution in [3.63, 3.8) is 0 Å². The number of fused-ring (bicyclic) bond motifs is 1. The van der Waals surface area contributed by atoms with Gasteiger partial charge >= 0.3 is 0 Å². The Hall–Kier alpha value is -1.59. The Morgan fingerprint density at radius 2 is 2.18 bits per heavy atom. The minimum atomic E-state index is -0.169. The number of benzene rings is 1. The number of rotatable bonds is 1. The maximum absolute atomic E-state index is 12.9. The van der Waals surface area contributed by atoms with Gasteiger partial charge in [0, 0.05) is 16.7 Å². The fourth-order valence-electron chi connectivity index (χ4n) is 2.43. The molecule has 0 aliphatic carbocycles. The van der Waals surface area contributed by atoms with Crippen LogP contribution in [0.25, 0.3) is 0 Å². The minimum Gasteiger partial charge on any atom is -0.306 e. The molecule has 0 radical (unpaired) electrons. The van der Waals surface area contributed by atoms with Gasteiger partial charge in [-0.2, -0.15) is 0 Å². The molecule has 0 bridgehead atoms. The third-order valence-corrected chi connectivity index (χ3v) is 5.07. The molecule has 1 aliphatic heterocycles. The zero-order valence-corrected chi connectivity index (χ0v) is 14.0. The van der Waals surface area contributed by atoms with Crippen LogP contribution in [0, 0.1) is 6.92 Å². The van der Waals surface area contributed by atoms with Crippen molar-refractivity contribution in [2.75, 3.05) is 11.4 Å². The van der Waals surface area contributed by atoms with E-state index >= 15 is 0 Å². The number of hydrogen-bond acceptors (Lipinski definition) is 4. The molecule has 114 valence electrons. The average molecular weight is 334 g/mol. The lowest BCUT2D eigenvalue weighted by atomic mass is 10.2. The second kappa shape index (κ2) is 6.26. The van der Waals surface area contributed by atoms with Gasteiger partial charge in [0.15, 0.2) is 5.69 Å². The first-order valence-electron chi connectivity index (χ1n) is 7.13. The quantitative estimate of drug-likeness (QED) is 0.792. The second-order valence-corrected chi connectivity index (χ2v) is 7.14. The van der Waals surface area contributed by atoms with Crippen molar-refractivity contribution in [2.45, 2.75) is 30.4 Å². The molecule has 0 unspecified atom stereocenters. The maximum Gasteiger partial charge on any atom is 0.278 e. The Morgan fingerprint density at radius 3 is 3.00 bits per heavy atom. The molecule has 0 N–H and O–H groups in total. The number of carbonyl (C=O) groups excluding carboxylic acids is 1. The monoisotopic (exact) mass is 333 g/mol. The number of amides is 1. The molecule has 1 aromatic carbocycles. The van der Waals surface area contributed by atoms with Crippen LogP contribution >= 0.6 is 23.4 Å². The fraction of sp³-hybridized carbons (Fsp3) is 0.312. The highest BCUT2D eigenvalue weighted by atomic mass is 35.5. The number of para-hydroxylation sites is 1. The summed E-state index contributed by atoms with van der Waals surface area (Å²) >= 11 is 7.93. The zero-order valence-electron chi connectivity index (χ0n) is 12.4. The summed E-state index contributed by atoms with van der Waals surface area (Å²) in [5.41, 5.74) is 1.19. The molecule has 1 amide bonds. The third kappa shape index (κ3) is 2.96. The molecule has 2 heterocycles. The maximum atomic E-state index is 12.9. The van der Waals surface area contributed by atoms with E-state index in [-0.39, 0.29) is 16.6 Å². The van der Waals surface area contributed by atoms with Gasteiger partial charge in [-0.25, -0.2) is 9.97 Å². The van der Waals surface area contributed by atoms with Crippen molar-refractivity contribution >= 4 is 35.0 Å². The molecular formula is C16H16ClN3OS. The summed E-state index contributed by atoms with van der Waals surface area (Å²) in [6, 6.07) is 7.96. The van der Waals surface area contributed by atoms with Gasteiger partial charge < -0.3 is 4.90 Å². The van der Waals surface area contributed by atoms with Crippen molar-refractivity contribution in [3.05, 3.63) is 47.0 Å². The molecule has 0 saturated carbocycles. The Balaban J connectivity index is 2.04. The van der Waals surface area contributed by atoms with E-state index in [2.05, 4.69) is 23.0 Å². The van der Waals surface area contributed by atoms with Crippen LogP contribution in [-0.4, -0.2) is 27.7 Å². The lowest BCUT2D eigenvalue weighted by Crippen LogP contribution is -2.33. The molecule has 2 aromatic rings. The zero-order chi connectivity index (χ0) is 15.7. The predicted octanol–water partition coefficient (Wildman–Crippen LogP) is 3.97. The molecule has 3 rings (SSSR count). The van der Waals surface area contributed by atoms with Crippen molar-refractivity contribution in [1.82, 2.24) is 9.97 Å². The highest BCUT2D eigenvalue weighted by Crippen LogP contribution is 2.38. The standard InChI is InChI=1S/C16H16ClN3OS/c1-10-7-8-20(13-5-3-4-6-14(13)22-10)16(21)15-12(17)9-18-11(2)19-15/h3-6,9-10H,7-8H2,1-2H3/t10-/m1/s1. The lowest BCUT2D eigenvalue weighted by molar-refractivity contribution is 0.0981. The van der Waals surface area contributed by atoms with Crippen LogP contribution in [0.15, 0.2) is 35.4 Å². The second-order valence-electron chi connectivity index (χ2n) is 5.26. The number of aromatic nitrogens is 2. The first kappa shape index (κ1) is 15.3. The number of aryl methyl sites for hydroxylation is 1. The smallest absolute Gasteiger partial charge is 0.278 e. The Labute approximate surface area is 138 Å². The Morgan fingerprint density at radius 1 is 1.41 bits per heavy atom. The summed E-state index contributed by atoms with van der Waals surface area (Å²) in [4.78, 5) is 24.1. The number of hydrogen-bond donors (Lipinski definition) is 0. The molecule has 4 nitrogen and oxygen atoms in total. The Kier molecular flexibility index (Phi) is 4.36. The summed E-state index contributed by atoms with van der Waals surface area (Å²) in [5, 5.41) is 0.750. The molecule has 0 spiro atoms. The van der Waals surface area contributed by atoms with E-state index in [0.29, 0.717) is 17.6 Å². The van der Waals surface area contributed by atoms with E-state index in [4.69, 9.17) is 11.6 Å². The van der Waals surface area contributed by atoms with Crippen LogP contribution in [0.4, 0.5) is 5.69 Å².